The fourth-order valence-corrected chi connectivity index (χ4v) is 3.65. The molecule has 0 aliphatic carbocycles. The Labute approximate surface area is 151 Å². The van der Waals surface area contributed by atoms with Crippen LogP contribution in [0.1, 0.15) is 57.6 Å². The minimum absolute atomic E-state index is 0. The van der Waals surface area contributed by atoms with Gasteiger partial charge in [-0.15, -0.1) is 12.4 Å². The Kier molecular flexibility index (Phi) is 8.20. The molecule has 0 aromatic heterocycles. The number of nitrogens with zero attached hydrogens (tertiary/aromatic N) is 1. The Morgan fingerprint density at radius 1 is 1.33 bits per heavy atom. The van der Waals surface area contributed by atoms with E-state index >= 15 is 0 Å². The van der Waals surface area contributed by atoms with Crippen LogP contribution in [0.3, 0.4) is 0 Å². The molecular formula is C19H31ClN2O2. The van der Waals surface area contributed by atoms with Crippen LogP contribution in [0.5, 0.6) is 0 Å². The van der Waals surface area contributed by atoms with Crippen LogP contribution in [-0.2, 0) is 4.79 Å². The van der Waals surface area contributed by atoms with Gasteiger partial charge in [-0.25, -0.2) is 0 Å². The Balaban J connectivity index is 0.00000288. The number of aliphatic hydroxyl groups is 1. The molecule has 0 radical (unpaired) electrons. The third kappa shape index (κ3) is 4.29. The summed E-state index contributed by atoms with van der Waals surface area (Å²) in [7, 11) is 0. The number of nitrogens with two attached hydrogens (primary N) is 1. The Bertz CT molecular complexity index is 497. The van der Waals surface area contributed by atoms with Crippen LogP contribution in [0.2, 0.25) is 0 Å². The molecule has 1 aromatic rings. The van der Waals surface area contributed by atoms with Gasteiger partial charge in [-0.2, -0.15) is 0 Å². The van der Waals surface area contributed by atoms with E-state index in [9.17, 15) is 9.90 Å². The van der Waals surface area contributed by atoms with E-state index in [1.54, 1.807) is 0 Å². The van der Waals surface area contributed by atoms with Crippen molar-refractivity contribution in [3.05, 3.63) is 35.9 Å². The van der Waals surface area contributed by atoms with E-state index in [0.29, 0.717) is 13.0 Å². The summed E-state index contributed by atoms with van der Waals surface area (Å²) in [4.78, 5) is 15.0. The van der Waals surface area contributed by atoms with E-state index < -0.39 is 11.5 Å². The molecule has 1 fully saturated rings. The van der Waals surface area contributed by atoms with Crippen molar-refractivity contribution in [1.29, 1.82) is 0 Å². The van der Waals surface area contributed by atoms with Crippen molar-refractivity contribution in [2.45, 2.75) is 58.1 Å². The summed E-state index contributed by atoms with van der Waals surface area (Å²) < 4.78 is 0. The zero-order valence-electron chi connectivity index (χ0n) is 14.8. The maximum Gasteiger partial charge on any atom is 0.230 e. The zero-order valence-corrected chi connectivity index (χ0v) is 15.6. The first-order valence-electron chi connectivity index (χ1n) is 8.82. The van der Waals surface area contributed by atoms with E-state index in [-0.39, 0.29) is 24.4 Å². The highest BCUT2D eigenvalue weighted by atomic mass is 35.5. The SMILES string of the molecule is CCC(CC)(CN)C(=O)N1CCCC1CC(O)c1ccccc1.Cl. The third-order valence-corrected chi connectivity index (χ3v) is 5.52. The van der Waals surface area contributed by atoms with E-state index in [0.717, 1.165) is 37.8 Å². The third-order valence-electron chi connectivity index (χ3n) is 5.52. The minimum atomic E-state index is -0.523. The molecule has 3 N–H and O–H groups in total. The average Bonchev–Trinajstić information content (AvgIpc) is 3.05. The lowest BCUT2D eigenvalue weighted by Gasteiger charge is -2.36. The van der Waals surface area contributed by atoms with Crippen LogP contribution in [0.15, 0.2) is 30.3 Å². The monoisotopic (exact) mass is 354 g/mol. The van der Waals surface area contributed by atoms with Crippen LogP contribution in [-0.4, -0.2) is 35.0 Å². The van der Waals surface area contributed by atoms with Crippen molar-refractivity contribution in [3.8, 4) is 0 Å². The largest absolute Gasteiger partial charge is 0.388 e. The van der Waals surface area contributed by atoms with Crippen molar-refractivity contribution >= 4 is 18.3 Å². The molecule has 1 heterocycles. The van der Waals surface area contributed by atoms with Gasteiger partial charge in [0.1, 0.15) is 0 Å². The van der Waals surface area contributed by atoms with Gasteiger partial charge in [0.25, 0.3) is 0 Å². The molecule has 1 amide bonds. The molecule has 1 aromatic carbocycles. The zero-order chi connectivity index (χ0) is 16.9. The first-order valence-corrected chi connectivity index (χ1v) is 8.82. The molecule has 0 bridgehead atoms. The second-order valence-electron chi connectivity index (χ2n) is 6.65. The number of carbonyl (C=O) groups is 1. The maximum absolute atomic E-state index is 13.1. The van der Waals surface area contributed by atoms with Crippen LogP contribution in [0.25, 0.3) is 0 Å². The van der Waals surface area contributed by atoms with Gasteiger partial charge in [0.05, 0.1) is 11.5 Å². The van der Waals surface area contributed by atoms with Crippen LogP contribution >= 0.6 is 12.4 Å². The molecule has 1 aliphatic heterocycles. The highest BCUT2D eigenvalue weighted by Gasteiger charge is 2.41. The van der Waals surface area contributed by atoms with Gasteiger partial charge >= 0.3 is 0 Å². The van der Waals surface area contributed by atoms with Crippen LogP contribution in [0, 0.1) is 5.41 Å². The smallest absolute Gasteiger partial charge is 0.230 e. The number of benzene rings is 1. The second-order valence-corrected chi connectivity index (χ2v) is 6.65. The van der Waals surface area contributed by atoms with E-state index in [1.807, 2.05) is 49.1 Å². The van der Waals surface area contributed by atoms with Crippen molar-refractivity contribution in [3.63, 3.8) is 0 Å². The Morgan fingerprint density at radius 2 is 1.96 bits per heavy atom. The quantitative estimate of drug-likeness (QED) is 0.789. The number of likely N-dealkylation sites (tertiary alicyclic amines) is 1. The van der Waals surface area contributed by atoms with Crippen molar-refractivity contribution in [2.75, 3.05) is 13.1 Å². The first kappa shape index (κ1) is 20.9. The van der Waals surface area contributed by atoms with Gasteiger partial charge in [-0.3, -0.25) is 4.79 Å². The average molecular weight is 355 g/mol. The van der Waals surface area contributed by atoms with Gasteiger partial charge in [-0.05, 0) is 37.7 Å². The van der Waals surface area contributed by atoms with E-state index in [1.165, 1.54) is 0 Å². The Morgan fingerprint density at radius 3 is 2.50 bits per heavy atom. The van der Waals surface area contributed by atoms with Crippen molar-refractivity contribution in [2.24, 2.45) is 11.1 Å². The molecule has 4 nitrogen and oxygen atoms in total. The van der Waals surface area contributed by atoms with Gasteiger partial charge in [-0.1, -0.05) is 44.2 Å². The summed E-state index contributed by atoms with van der Waals surface area (Å²) in [6, 6.07) is 9.80. The lowest BCUT2D eigenvalue weighted by Crippen LogP contribution is -2.49. The predicted molar refractivity (Wildman–Crippen MR) is 100 cm³/mol. The fourth-order valence-electron chi connectivity index (χ4n) is 3.65. The molecule has 1 saturated heterocycles. The lowest BCUT2D eigenvalue weighted by molar-refractivity contribution is -0.143. The number of aliphatic hydroxyl groups excluding tert-OH is 1. The molecule has 136 valence electrons. The van der Waals surface area contributed by atoms with E-state index in [2.05, 4.69) is 0 Å². The molecule has 1 aliphatic rings. The summed E-state index contributed by atoms with van der Waals surface area (Å²) in [5.41, 5.74) is 6.41. The van der Waals surface area contributed by atoms with Gasteiger partial charge in [0.15, 0.2) is 0 Å². The molecule has 2 atom stereocenters. The van der Waals surface area contributed by atoms with Crippen molar-refractivity contribution < 1.29 is 9.90 Å². The van der Waals surface area contributed by atoms with Gasteiger partial charge < -0.3 is 15.7 Å². The first-order chi connectivity index (χ1) is 11.1. The summed E-state index contributed by atoms with van der Waals surface area (Å²) in [6.45, 7) is 5.26. The minimum Gasteiger partial charge on any atom is -0.388 e. The number of amides is 1. The summed E-state index contributed by atoms with van der Waals surface area (Å²) >= 11 is 0. The van der Waals surface area contributed by atoms with Gasteiger partial charge in [0, 0.05) is 19.1 Å². The highest BCUT2D eigenvalue weighted by molar-refractivity contribution is 5.85. The summed E-state index contributed by atoms with van der Waals surface area (Å²) in [5.74, 6) is 0.174. The Hall–Kier alpha value is -1.10. The van der Waals surface area contributed by atoms with Crippen molar-refractivity contribution in [1.82, 2.24) is 4.90 Å². The van der Waals surface area contributed by atoms with Gasteiger partial charge in [0.2, 0.25) is 5.91 Å². The number of carbonyl (C=O) groups excluding carboxylic acids is 1. The number of rotatable bonds is 7. The molecule has 5 heteroatoms. The highest BCUT2D eigenvalue weighted by Crippen LogP contribution is 2.34. The standard InChI is InChI=1S/C19H30N2O2.ClH/c1-3-19(4-2,14-20)18(23)21-12-8-11-16(21)13-17(22)15-9-6-5-7-10-15;/h5-7,9-10,16-17,22H,3-4,8,11-14,20H2,1-2H3;1H. The summed E-state index contributed by atoms with van der Waals surface area (Å²) in [6.07, 6.45) is 3.58. The molecule has 2 unspecified atom stereocenters. The fraction of sp³-hybridized carbons (Fsp3) is 0.632. The predicted octanol–water partition coefficient (Wildman–Crippen LogP) is 3.29. The van der Waals surface area contributed by atoms with Crippen LogP contribution < -0.4 is 5.73 Å². The molecule has 0 spiro atoms. The second kappa shape index (κ2) is 9.40. The van der Waals surface area contributed by atoms with E-state index in [4.69, 9.17) is 5.73 Å². The summed E-state index contributed by atoms with van der Waals surface area (Å²) in [5, 5.41) is 10.5. The normalized spacial score (nSPS) is 19.0. The number of hydrogen-bond donors (Lipinski definition) is 2. The maximum atomic E-state index is 13.1. The van der Waals surface area contributed by atoms with Crippen LogP contribution in [0.4, 0.5) is 0 Å². The molecule has 24 heavy (non-hydrogen) atoms. The topological polar surface area (TPSA) is 66.6 Å². The lowest BCUT2D eigenvalue weighted by atomic mass is 9.80. The number of halogens is 1. The molecule has 2 rings (SSSR count). The molecule has 0 saturated carbocycles. The number of hydrogen-bond acceptors (Lipinski definition) is 3. The molecular weight excluding hydrogens is 324 g/mol.